The fourth-order valence-corrected chi connectivity index (χ4v) is 3.86. The van der Waals surface area contributed by atoms with Crippen LogP contribution in [0.1, 0.15) is 35.4 Å². The number of carbonyl (C=O) groups excluding carboxylic acids is 1. The van der Waals surface area contributed by atoms with Gasteiger partial charge in [0.25, 0.3) is 0 Å². The van der Waals surface area contributed by atoms with Gasteiger partial charge in [-0.3, -0.25) is 4.79 Å². The highest BCUT2D eigenvalue weighted by atomic mass is 19.1. The van der Waals surface area contributed by atoms with Crippen molar-refractivity contribution in [3.63, 3.8) is 0 Å². The van der Waals surface area contributed by atoms with Gasteiger partial charge in [0, 0.05) is 25.7 Å². The lowest BCUT2D eigenvalue weighted by molar-refractivity contribution is -0.130. The summed E-state index contributed by atoms with van der Waals surface area (Å²) in [7, 11) is 1.89. The molecule has 152 valence electrons. The molecule has 1 aromatic carbocycles. The van der Waals surface area contributed by atoms with Crippen LogP contribution in [0.5, 0.6) is 0 Å². The molecule has 0 bridgehead atoms. The molecule has 0 unspecified atom stereocenters. The Bertz CT molecular complexity index is 760. The molecule has 6 heteroatoms. The molecule has 2 aromatic rings. The van der Waals surface area contributed by atoms with Gasteiger partial charge in [0.05, 0.1) is 12.1 Å². The Morgan fingerprint density at radius 3 is 2.54 bits per heavy atom. The highest BCUT2D eigenvalue weighted by Gasteiger charge is 2.23. The minimum atomic E-state index is -0.183. The van der Waals surface area contributed by atoms with Gasteiger partial charge in [-0.1, -0.05) is 17.3 Å². The number of likely N-dealkylation sites (tertiary alicyclic amines) is 1. The van der Waals surface area contributed by atoms with Crippen LogP contribution in [0.15, 0.2) is 28.8 Å². The van der Waals surface area contributed by atoms with Crippen molar-refractivity contribution < 1.29 is 13.7 Å². The van der Waals surface area contributed by atoms with Crippen molar-refractivity contribution in [2.24, 2.45) is 5.92 Å². The fourth-order valence-electron chi connectivity index (χ4n) is 3.86. The van der Waals surface area contributed by atoms with E-state index in [1.165, 1.54) is 17.7 Å². The predicted octanol–water partition coefficient (Wildman–Crippen LogP) is 3.39. The highest BCUT2D eigenvalue weighted by molar-refractivity contribution is 5.79. The van der Waals surface area contributed by atoms with Crippen molar-refractivity contribution in [3.05, 3.63) is 52.7 Å². The summed E-state index contributed by atoms with van der Waals surface area (Å²) in [4.78, 5) is 16.9. The quantitative estimate of drug-likeness (QED) is 0.731. The second kappa shape index (κ2) is 9.32. The molecule has 5 nitrogen and oxygen atoms in total. The van der Waals surface area contributed by atoms with Crippen LogP contribution < -0.4 is 0 Å². The van der Waals surface area contributed by atoms with Gasteiger partial charge in [0.15, 0.2) is 0 Å². The maximum absolute atomic E-state index is 13.0. The van der Waals surface area contributed by atoms with E-state index in [4.69, 9.17) is 4.52 Å². The average molecular weight is 387 g/mol. The first-order valence-corrected chi connectivity index (χ1v) is 10.0. The average Bonchev–Trinajstić information content (AvgIpc) is 3.00. The van der Waals surface area contributed by atoms with E-state index < -0.39 is 0 Å². The minimum absolute atomic E-state index is 0.119. The van der Waals surface area contributed by atoms with E-state index in [1.807, 2.05) is 37.9 Å². The summed E-state index contributed by atoms with van der Waals surface area (Å²) in [5.74, 6) is 1.21. The highest BCUT2D eigenvalue weighted by Crippen LogP contribution is 2.20. The van der Waals surface area contributed by atoms with Crippen molar-refractivity contribution in [3.8, 4) is 0 Å². The molecule has 0 spiro atoms. The number of hydrogen-bond donors (Lipinski definition) is 0. The van der Waals surface area contributed by atoms with Crippen molar-refractivity contribution in [1.82, 2.24) is 15.0 Å². The minimum Gasteiger partial charge on any atom is -0.361 e. The SMILES string of the molecule is Cc1noc(C)c1CC(=O)N(C)CC1CCN(CCc2ccc(F)cc2)CC1. The number of aryl methyl sites for hydroxylation is 2. The van der Waals surface area contributed by atoms with Gasteiger partial charge in [-0.05, 0) is 69.8 Å². The molecule has 1 amide bonds. The Hall–Kier alpha value is -2.21. The molecule has 0 aliphatic carbocycles. The number of likely N-dealkylation sites (N-methyl/N-ethyl adjacent to an activating group) is 1. The first-order chi connectivity index (χ1) is 13.4. The molecular formula is C22H30FN3O2. The van der Waals surface area contributed by atoms with Crippen molar-refractivity contribution in [2.75, 3.05) is 33.2 Å². The fraction of sp³-hybridized carbons (Fsp3) is 0.545. The molecule has 1 saturated heterocycles. The van der Waals surface area contributed by atoms with Gasteiger partial charge >= 0.3 is 0 Å². The molecule has 1 fully saturated rings. The summed E-state index contributed by atoms with van der Waals surface area (Å²) in [5, 5.41) is 3.93. The Kier molecular flexibility index (Phi) is 6.83. The zero-order chi connectivity index (χ0) is 20.1. The molecule has 2 heterocycles. The lowest BCUT2D eigenvalue weighted by Crippen LogP contribution is -2.40. The van der Waals surface area contributed by atoms with Crippen LogP contribution in [0.25, 0.3) is 0 Å². The van der Waals surface area contributed by atoms with Crippen molar-refractivity contribution in [1.29, 1.82) is 0 Å². The van der Waals surface area contributed by atoms with Gasteiger partial charge in [-0.15, -0.1) is 0 Å². The van der Waals surface area contributed by atoms with E-state index in [9.17, 15) is 9.18 Å². The third-order valence-electron chi connectivity index (χ3n) is 5.80. The molecule has 28 heavy (non-hydrogen) atoms. The second-order valence-electron chi connectivity index (χ2n) is 7.92. The Labute approximate surface area is 166 Å². The number of rotatable bonds is 7. The normalized spacial score (nSPS) is 15.7. The smallest absolute Gasteiger partial charge is 0.226 e. The first kappa shape index (κ1) is 20.5. The molecule has 1 aromatic heterocycles. The summed E-state index contributed by atoms with van der Waals surface area (Å²) in [6.07, 6.45) is 3.51. The standard InChI is InChI=1S/C22H30FN3O2/c1-16-21(17(2)28-24-16)14-22(27)25(3)15-19-9-12-26(13-10-19)11-8-18-4-6-20(23)7-5-18/h4-7,19H,8-15H2,1-3H3. The van der Waals surface area contributed by atoms with E-state index in [0.29, 0.717) is 12.3 Å². The van der Waals surface area contributed by atoms with Crippen LogP contribution in [0.4, 0.5) is 4.39 Å². The lowest BCUT2D eigenvalue weighted by atomic mass is 9.95. The van der Waals surface area contributed by atoms with Crippen LogP contribution in [0, 0.1) is 25.6 Å². The molecule has 0 N–H and O–H groups in total. The van der Waals surface area contributed by atoms with E-state index >= 15 is 0 Å². The maximum atomic E-state index is 13.0. The van der Waals surface area contributed by atoms with Crippen molar-refractivity contribution >= 4 is 5.91 Å². The van der Waals surface area contributed by atoms with Gasteiger partial charge in [0.2, 0.25) is 5.91 Å². The third-order valence-corrected chi connectivity index (χ3v) is 5.80. The number of halogens is 1. The predicted molar refractivity (Wildman–Crippen MR) is 107 cm³/mol. The number of nitrogens with zero attached hydrogens (tertiary/aromatic N) is 3. The number of piperidine rings is 1. The third kappa shape index (κ3) is 5.41. The molecular weight excluding hydrogens is 357 g/mol. The monoisotopic (exact) mass is 387 g/mol. The summed E-state index contributed by atoms with van der Waals surface area (Å²) in [5.41, 5.74) is 2.88. The molecule has 0 saturated carbocycles. The number of amides is 1. The van der Waals surface area contributed by atoms with Gasteiger partial charge < -0.3 is 14.3 Å². The van der Waals surface area contributed by atoms with Crippen LogP contribution in [-0.2, 0) is 17.6 Å². The van der Waals surface area contributed by atoms with Gasteiger partial charge in [-0.2, -0.15) is 0 Å². The Balaban J connectivity index is 1.39. The summed E-state index contributed by atoms with van der Waals surface area (Å²) >= 11 is 0. The zero-order valence-corrected chi connectivity index (χ0v) is 17.1. The Morgan fingerprint density at radius 1 is 1.25 bits per heavy atom. The van der Waals surface area contributed by atoms with Gasteiger partial charge in [0.1, 0.15) is 11.6 Å². The lowest BCUT2D eigenvalue weighted by Gasteiger charge is -2.34. The van der Waals surface area contributed by atoms with Crippen LogP contribution in [0.3, 0.4) is 0 Å². The second-order valence-corrected chi connectivity index (χ2v) is 7.92. The molecule has 1 aliphatic rings. The largest absolute Gasteiger partial charge is 0.361 e. The summed E-state index contributed by atoms with van der Waals surface area (Å²) < 4.78 is 18.1. The topological polar surface area (TPSA) is 49.6 Å². The first-order valence-electron chi connectivity index (χ1n) is 10.0. The van der Waals surface area contributed by atoms with Gasteiger partial charge in [-0.25, -0.2) is 4.39 Å². The van der Waals surface area contributed by atoms with E-state index in [-0.39, 0.29) is 11.7 Å². The maximum Gasteiger partial charge on any atom is 0.226 e. The van der Waals surface area contributed by atoms with E-state index in [1.54, 1.807) is 0 Å². The Morgan fingerprint density at radius 2 is 1.93 bits per heavy atom. The number of benzene rings is 1. The zero-order valence-electron chi connectivity index (χ0n) is 17.1. The van der Waals surface area contributed by atoms with Crippen molar-refractivity contribution in [2.45, 2.75) is 39.5 Å². The van der Waals surface area contributed by atoms with Crippen LogP contribution in [-0.4, -0.2) is 54.1 Å². The van der Waals surface area contributed by atoms with E-state index in [2.05, 4.69) is 10.1 Å². The number of carbonyl (C=O) groups is 1. The molecule has 1 aliphatic heterocycles. The molecule has 3 rings (SSSR count). The molecule has 0 atom stereocenters. The number of aromatic nitrogens is 1. The summed E-state index contributed by atoms with van der Waals surface area (Å²) in [6, 6.07) is 6.78. The molecule has 0 radical (unpaired) electrons. The summed E-state index contributed by atoms with van der Waals surface area (Å²) in [6.45, 7) is 7.63. The van der Waals surface area contributed by atoms with Crippen LogP contribution >= 0.6 is 0 Å². The van der Waals surface area contributed by atoms with E-state index in [0.717, 1.165) is 62.5 Å². The van der Waals surface area contributed by atoms with Crippen LogP contribution in [0.2, 0.25) is 0 Å². The number of hydrogen-bond acceptors (Lipinski definition) is 4.